The second kappa shape index (κ2) is 6.04. The minimum Gasteiger partial charge on any atom is -0.398 e. The van der Waals surface area contributed by atoms with Crippen molar-refractivity contribution >= 4 is 60.5 Å². The van der Waals surface area contributed by atoms with Gasteiger partial charge in [0, 0.05) is 10.7 Å². The zero-order valence-electron chi connectivity index (χ0n) is 10.8. The van der Waals surface area contributed by atoms with E-state index in [1.165, 1.54) is 12.1 Å². The molecule has 2 aromatic rings. The van der Waals surface area contributed by atoms with Crippen LogP contribution < -0.4 is 10.5 Å². The third kappa shape index (κ3) is 3.45. The summed E-state index contributed by atoms with van der Waals surface area (Å²) in [6, 6.07) is 7.59. The van der Waals surface area contributed by atoms with Crippen LogP contribution in [0.1, 0.15) is 5.56 Å². The summed E-state index contributed by atoms with van der Waals surface area (Å²) in [4.78, 5) is -0.0116. The van der Waals surface area contributed by atoms with Crippen LogP contribution in [0.5, 0.6) is 0 Å². The lowest BCUT2D eigenvalue weighted by Crippen LogP contribution is -2.14. The van der Waals surface area contributed by atoms with E-state index in [1.54, 1.807) is 25.1 Å². The van der Waals surface area contributed by atoms with Gasteiger partial charge in [-0.3, -0.25) is 4.72 Å². The van der Waals surface area contributed by atoms with Crippen molar-refractivity contribution in [2.75, 3.05) is 10.5 Å². The van der Waals surface area contributed by atoms with Crippen molar-refractivity contribution in [3.05, 3.63) is 50.4 Å². The summed E-state index contributed by atoms with van der Waals surface area (Å²) in [6.07, 6.45) is 0. The van der Waals surface area contributed by atoms with E-state index in [1.807, 2.05) is 0 Å². The molecule has 0 amide bonds. The molecule has 0 unspecified atom stereocenters. The number of anilines is 2. The van der Waals surface area contributed by atoms with Crippen molar-refractivity contribution in [1.29, 1.82) is 0 Å². The number of sulfonamides is 1. The summed E-state index contributed by atoms with van der Waals surface area (Å²) in [6.45, 7) is 1.72. The van der Waals surface area contributed by atoms with Gasteiger partial charge in [0.25, 0.3) is 10.0 Å². The fourth-order valence-corrected chi connectivity index (χ4v) is 3.71. The molecule has 0 heterocycles. The van der Waals surface area contributed by atoms with E-state index >= 15 is 0 Å². The predicted molar refractivity (Wildman–Crippen MR) is 90.6 cm³/mol. The van der Waals surface area contributed by atoms with Crippen LogP contribution in [-0.2, 0) is 10.0 Å². The molecule has 2 aromatic carbocycles. The number of rotatable bonds is 3. The van der Waals surface area contributed by atoms with Gasteiger partial charge < -0.3 is 5.73 Å². The first-order valence-electron chi connectivity index (χ1n) is 5.75. The fourth-order valence-electron chi connectivity index (χ4n) is 1.62. The van der Waals surface area contributed by atoms with Gasteiger partial charge in [0.15, 0.2) is 0 Å². The van der Waals surface area contributed by atoms with E-state index in [-0.39, 0.29) is 4.90 Å². The highest BCUT2D eigenvalue weighted by Crippen LogP contribution is 2.32. The Kier molecular flexibility index (Phi) is 4.72. The van der Waals surface area contributed by atoms with Crippen LogP contribution in [0.2, 0.25) is 10.0 Å². The monoisotopic (exact) mass is 408 g/mol. The molecule has 0 aliphatic heterocycles. The van der Waals surface area contributed by atoms with Gasteiger partial charge in [-0.25, -0.2) is 8.42 Å². The number of halogens is 3. The molecule has 0 fully saturated rings. The molecule has 112 valence electrons. The summed E-state index contributed by atoms with van der Waals surface area (Å²) >= 11 is 15.2. The van der Waals surface area contributed by atoms with Crippen LogP contribution in [0.25, 0.3) is 0 Å². The number of nitrogen functional groups attached to an aromatic ring is 1. The second-order valence-corrected chi connectivity index (χ2v) is 7.62. The number of nitrogens with two attached hydrogens (primary N) is 1. The lowest BCUT2D eigenvalue weighted by atomic mass is 10.2. The third-order valence-electron chi connectivity index (χ3n) is 2.86. The summed E-state index contributed by atoms with van der Waals surface area (Å²) in [7, 11) is -3.82. The highest BCUT2D eigenvalue weighted by atomic mass is 79.9. The molecule has 2 rings (SSSR count). The Morgan fingerprint density at radius 1 is 1.19 bits per heavy atom. The van der Waals surface area contributed by atoms with E-state index in [0.717, 1.165) is 0 Å². The first-order valence-corrected chi connectivity index (χ1v) is 8.78. The van der Waals surface area contributed by atoms with Crippen LogP contribution in [-0.4, -0.2) is 8.42 Å². The second-order valence-electron chi connectivity index (χ2n) is 4.33. The molecular weight excluding hydrogens is 399 g/mol. The number of benzene rings is 2. The number of hydrogen-bond acceptors (Lipinski definition) is 3. The lowest BCUT2D eigenvalue weighted by molar-refractivity contribution is 0.601. The predicted octanol–water partition coefficient (Wildman–Crippen LogP) is 4.45. The Bertz CT molecular complexity index is 787. The molecule has 8 heteroatoms. The maximum Gasteiger partial charge on any atom is 0.262 e. The summed E-state index contributed by atoms with van der Waals surface area (Å²) in [5, 5.41) is 0.692. The van der Waals surface area contributed by atoms with Crippen molar-refractivity contribution in [3.8, 4) is 0 Å². The Morgan fingerprint density at radius 2 is 1.86 bits per heavy atom. The van der Waals surface area contributed by atoms with Crippen molar-refractivity contribution in [2.24, 2.45) is 0 Å². The largest absolute Gasteiger partial charge is 0.398 e. The van der Waals surface area contributed by atoms with Gasteiger partial charge in [-0.15, -0.1) is 0 Å². The first kappa shape index (κ1) is 16.4. The highest BCUT2D eigenvalue weighted by Gasteiger charge is 2.18. The molecule has 0 bridgehead atoms. The lowest BCUT2D eigenvalue weighted by Gasteiger charge is -2.12. The fraction of sp³-hybridized carbons (Fsp3) is 0.0769. The summed E-state index contributed by atoms with van der Waals surface area (Å²) < 4.78 is 27.7. The highest BCUT2D eigenvalue weighted by molar-refractivity contribution is 9.10. The molecule has 21 heavy (non-hydrogen) atoms. The van der Waals surface area contributed by atoms with E-state index in [0.29, 0.717) is 31.5 Å². The normalized spacial score (nSPS) is 11.4. The minimum atomic E-state index is -3.82. The molecule has 4 nitrogen and oxygen atoms in total. The Balaban J connectivity index is 2.46. The molecule has 3 N–H and O–H groups in total. The van der Waals surface area contributed by atoms with Gasteiger partial charge >= 0.3 is 0 Å². The maximum absolute atomic E-state index is 12.4. The Labute approximate surface area is 141 Å². The van der Waals surface area contributed by atoms with Gasteiger partial charge in [0.1, 0.15) is 0 Å². The van der Waals surface area contributed by atoms with Crippen LogP contribution in [0.15, 0.2) is 39.7 Å². The molecule has 0 saturated heterocycles. The van der Waals surface area contributed by atoms with E-state index in [2.05, 4.69) is 20.7 Å². The zero-order chi connectivity index (χ0) is 15.8. The molecule has 0 radical (unpaired) electrons. The molecule has 0 aliphatic carbocycles. The summed E-state index contributed by atoms with van der Waals surface area (Å²) in [5.41, 5.74) is 7.04. The molecular formula is C13H11BrCl2N2O2S. The first-order chi connectivity index (χ1) is 9.72. The SMILES string of the molecule is Cc1c(N)cc(S(=O)(=O)Nc2cccc(Cl)c2Br)cc1Cl. The Hall–Kier alpha value is -0.950. The Morgan fingerprint density at radius 3 is 2.48 bits per heavy atom. The van der Waals surface area contributed by atoms with Crippen molar-refractivity contribution in [2.45, 2.75) is 11.8 Å². The zero-order valence-corrected chi connectivity index (χ0v) is 14.7. The molecule has 0 atom stereocenters. The van der Waals surface area contributed by atoms with E-state index in [4.69, 9.17) is 28.9 Å². The molecule has 0 aromatic heterocycles. The molecule has 0 saturated carbocycles. The van der Waals surface area contributed by atoms with Gasteiger partial charge in [-0.05, 0) is 52.7 Å². The standard InChI is InChI=1S/C13H11BrCl2N2O2S/c1-7-10(16)5-8(6-11(7)17)21(19,20)18-12-4-2-3-9(15)13(12)14/h2-6,18H,17H2,1H3. The maximum atomic E-state index is 12.4. The average molecular weight is 410 g/mol. The van der Waals surface area contributed by atoms with Gasteiger partial charge in [0.05, 0.1) is 20.1 Å². The van der Waals surface area contributed by atoms with E-state index in [9.17, 15) is 8.42 Å². The van der Waals surface area contributed by atoms with Crippen LogP contribution >= 0.6 is 39.1 Å². The van der Waals surface area contributed by atoms with Crippen molar-refractivity contribution in [3.63, 3.8) is 0 Å². The van der Waals surface area contributed by atoms with Gasteiger partial charge in [-0.2, -0.15) is 0 Å². The third-order valence-corrected chi connectivity index (χ3v) is 6.00. The van der Waals surface area contributed by atoms with Crippen LogP contribution in [0.4, 0.5) is 11.4 Å². The minimum absolute atomic E-state index is 0.0116. The van der Waals surface area contributed by atoms with Gasteiger partial charge in [0.2, 0.25) is 0 Å². The molecule has 0 spiro atoms. The number of nitrogens with one attached hydrogen (secondary N) is 1. The van der Waals surface area contributed by atoms with E-state index < -0.39 is 10.0 Å². The molecule has 0 aliphatic rings. The van der Waals surface area contributed by atoms with Crippen molar-refractivity contribution in [1.82, 2.24) is 0 Å². The average Bonchev–Trinajstić information content (AvgIpc) is 2.40. The van der Waals surface area contributed by atoms with Gasteiger partial charge in [-0.1, -0.05) is 29.3 Å². The smallest absolute Gasteiger partial charge is 0.262 e. The van der Waals surface area contributed by atoms with Crippen LogP contribution in [0, 0.1) is 6.92 Å². The number of hydrogen-bond donors (Lipinski definition) is 2. The van der Waals surface area contributed by atoms with Crippen LogP contribution in [0.3, 0.4) is 0 Å². The quantitative estimate of drug-likeness (QED) is 0.735. The van der Waals surface area contributed by atoms with Crippen molar-refractivity contribution < 1.29 is 8.42 Å². The topological polar surface area (TPSA) is 72.2 Å². The summed E-state index contributed by atoms with van der Waals surface area (Å²) in [5.74, 6) is 0.